The highest BCUT2D eigenvalue weighted by molar-refractivity contribution is 7.89. The van der Waals surface area contributed by atoms with Gasteiger partial charge in [0, 0.05) is 30.2 Å². The molecule has 8 heteroatoms. The van der Waals surface area contributed by atoms with Gasteiger partial charge in [-0.1, -0.05) is 30.2 Å². The maximum atomic E-state index is 13.2. The van der Waals surface area contributed by atoms with E-state index in [-0.39, 0.29) is 17.2 Å². The fourth-order valence-corrected chi connectivity index (χ4v) is 5.37. The van der Waals surface area contributed by atoms with Gasteiger partial charge in [0.15, 0.2) is 0 Å². The van der Waals surface area contributed by atoms with Gasteiger partial charge < -0.3 is 10.1 Å². The Labute approximate surface area is 183 Å². The topological polar surface area (TPSA) is 75.7 Å². The number of carbonyl (C=O) groups excluding carboxylic acids is 1. The van der Waals surface area contributed by atoms with E-state index in [0.29, 0.717) is 42.6 Å². The number of amides is 1. The molecule has 0 atom stereocenters. The molecule has 0 unspecified atom stereocenters. The summed E-state index contributed by atoms with van der Waals surface area (Å²) in [5.41, 5.74) is 1.41. The van der Waals surface area contributed by atoms with Gasteiger partial charge in [-0.25, -0.2) is 8.42 Å². The van der Waals surface area contributed by atoms with Gasteiger partial charge >= 0.3 is 0 Å². The normalized spacial score (nSPS) is 15.0. The molecular formula is C22H27ClN2O4S. The maximum Gasteiger partial charge on any atom is 0.246 e. The molecular weight excluding hydrogens is 424 g/mol. The van der Waals surface area contributed by atoms with E-state index < -0.39 is 10.0 Å². The number of carbonyl (C=O) groups is 1. The Hall–Kier alpha value is -2.09. The first-order valence-electron chi connectivity index (χ1n) is 10.2. The van der Waals surface area contributed by atoms with E-state index in [1.54, 1.807) is 18.2 Å². The third-order valence-corrected chi connectivity index (χ3v) is 7.14. The lowest BCUT2D eigenvalue weighted by atomic mass is 10.1. The molecule has 30 heavy (non-hydrogen) atoms. The summed E-state index contributed by atoms with van der Waals surface area (Å²) < 4.78 is 33.4. The van der Waals surface area contributed by atoms with Crippen LogP contribution < -0.4 is 10.1 Å². The van der Waals surface area contributed by atoms with Crippen LogP contribution in [0, 0.1) is 0 Å². The Kier molecular flexibility index (Phi) is 7.75. The minimum Gasteiger partial charge on any atom is -0.492 e. The predicted molar refractivity (Wildman–Crippen MR) is 119 cm³/mol. The number of ether oxygens (including phenoxy) is 1. The van der Waals surface area contributed by atoms with Crippen LogP contribution in [-0.2, 0) is 21.2 Å². The monoisotopic (exact) mass is 450 g/mol. The van der Waals surface area contributed by atoms with Crippen molar-refractivity contribution in [2.75, 3.05) is 25.0 Å². The van der Waals surface area contributed by atoms with Crippen LogP contribution in [-0.4, -0.2) is 38.3 Å². The molecule has 1 amide bonds. The molecule has 162 valence electrons. The molecule has 1 aliphatic rings. The van der Waals surface area contributed by atoms with Crippen molar-refractivity contribution < 1.29 is 17.9 Å². The standard InChI is InChI=1S/C22H27ClN2O4S/c1-2-29-20-11-10-19(16-21(20)30(27,28)25-13-4-3-5-14-25)24-22(26)12-9-17-7-6-8-18(23)15-17/h6-8,10-11,15-16H,2-5,9,12-14H2,1H3,(H,24,26). The predicted octanol–water partition coefficient (Wildman–Crippen LogP) is 4.48. The van der Waals surface area contributed by atoms with E-state index >= 15 is 0 Å². The zero-order chi connectivity index (χ0) is 21.6. The quantitative estimate of drug-likeness (QED) is 0.643. The van der Waals surface area contributed by atoms with Gasteiger partial charge in [-0.15, -0.1) is 0 Å². The lowest BCUT2D eigenvalue weighted by Gasteiger charge is -2.27. The average molecular weight is 451 g/mol. The lowest BCUT2D eigenvalue weighted by Crippen LogP contribution is -2.35. The highest BCUT2D eigenvalue weighted by Gasteiger charge is 2.29. The minimum absolute atomic E-state index is 0.0962. The van der Waals surface area contributed by atoms with Gasteiger partial charge in [-0.2, -0.15) is 4.31 Å². The summed E-state index contributed by atoms with van der Waals surface area (Å²) >= 11 is 5.98. The number of benzene rings is 2. The summed E-state index contributed by atoms with van der Waals surface area (Å²) in [6.45, 7) is 3.17. The van der Waals surface area contributed by atoms with Gasteiger partial charge in [0.2, 0.25) is 15.9 Å². The molecule has 1 aliphatic heterocycles. The van der Waals surface area contributed by atoms with E-state index in [4.69, 9.17) is 16.3 Å². The van der Waals surface area contributed by atoms with E-state index in [0.717, 1.165) is 24.8 Å². The zero-order valence-electron chi connectivity index (χ0n) is 17.1. The molecule has 2 aromatic carbocycles. The fraction of sp³-hybridized carbons (Fsp3) is 0.409. The Morgan fingerprint density at radius 1 is 1.13 bits per heavy atom. The zero-order valence-corrected chi connectivity index (χ0v) is 18.6. The second-order valence-corrected chi connectivity index (χ2v) is 9.58. The van der Waals surface area contributed by atoms with Crippen LogP contribution in [0.4, 0.5) is 5.69 Å². The van der Waals surface area contributed by atoms with Crippen LogP contribution in [0.15, 0.2) is 47.4 Å². The molecule has 0 spiro atoms. The Balaban J connectivity index is 1.75. The minimum atomic E-state index is -3.69. The smallest absolute Gasteiger partial charge is 0.246 e. The van der Waals surface area contributed by atoms with Gasteiger partial charge in [0.05, 0.1) is 6.61 Å². The highest BCUT2D eigenvalue weighted by atomic mass is 35.5. The summed E-state index contributed by atoms with van der Waals surface area (Å²) in [7, 11) is -3.69. The van der Waals surface area contributed by atoms with Crippen molar-refractivity contribution >= 4 is 33.2 Å². The number of piperidine rings is 1. The van der Waals surface area contributed by atoms with Crippen molar-refractivity contribution in [2.45, 2.75) is 43.9 Å². The molecule has 0 aromatic heterocycles. The third kappa shape index (κ3) is 5.74. The average Bonchev–Trinajstić information content (AvgIpc) is 2.74. The molecule has 6 nitrogen and oxygen atoms in total. The van der Waals surface area contributed by atoms with Crippen molar-refractivity contribution in [1.29, 1.82) is 0 Å². The van der Waals surface area contributed by atoms with E-state index in [2.05, 4.69) is 5.32 Å². The summed E-state index contributed by atoms with van der Waals surface area (Å²) in [6, 6.07) is 12.1. The molecule has 2 aromatic rings. The number of halogens is 1. The first kappa shape index (κ1) is 22.6. The second-order valence-electron chi connectivity index (χ2n) is 7.24. The molecule has 0 bridgehead atoms. The van der Waals surface area contributed by atoms with Crippen LogP contribution in [0.5, 0.6) is 5.75 Å². The van der Waals surface area contributed by atoms with E-state index in [9.17, 15) is 13.2 Å². The summed E-state index contributed by atoms with van der Waals surface area (Å²) in [5.74, 6) is 0.112. The van der Waals surface area contributed by atoms with Crippen molar-refractivity contribution in [3.8, 4) is 5.75 Å². The van der Waals surface area contributed by atoms with Crippen LogP contribution in [0.25, 0.3) is 0 Å². The number of aryl methyl sites for hydroxylation is 1. The second kappa shape index (κ2) is 10.3. The largest absolute Gasteiger partial charge is 0.492 e. The van der Waals surface area contributed by atoms with E-state index in [1.807, 2.05) is 25.1 Å². The van der Waals surface area contributed by atoms with Crippen LogP contribution in [0.3, 0.4) is 0 Å². The molecule has 1 fully saturated rings. The molecule has 0 radical (unpaired) electrons. The van der Waals surface area contributed by atoms with Gasteiger partial charge in [0.1, 0.15) is 10.6 Å². The molecule has 1 heterocycles. The number of sulfonamides is 1. The van der Waals surface area contributed by atoms with Gasteiger partial charge in [-0.05, 0) is 62.1 Å². The first-order valence-corrected chi connectivity index (χ1v) is 12.0. The fourth-order valence-electron chi connectivity index (χ4n) is 3.48. The van der Waals surface area contributed by atoms with Crippen LogP contribution >= 0.6 is 11.6 Å². The van der Waals surface area contributed by atoms with Crippen molar-refractivity contribution in [1.82, 2.24) is 4.31 Å². The van der Waals surface area contributed by atoms with Crippen LogP contribution in [0.2, 0.25) is 5.02 Å². The molecule has 3 rings (SSSR count). The summed E-state index contributed by atoms with van der Waals surface area (Å²) in [6.07, 6.45) is 3.55. The number of hydrogen-bond donors (Lipinski definition) is 1. The first-order chi connectivity index (χ1) is 14.4. The third-order valence-electron chi connectivity index (χ3n) is 4.99. The molecule has 1 N–H and O–H groups in total. The molecule has 0 saturated carbocycles. The van der Waals surface area contributed by atoms with Crippen molar-refractivity contribution in [3.05, 3.63) is 53.1 Å². The van der Waals surface area contributed by atoms with Crippen LogP contribution in [0.1, 0.15) is 38.2 Å². The lowest BCUT2D eigenvalue weighted by molar-refractivity contribution is -0.116. The summed E-state index contributed by atoms with van der Waals surface area (Å²) in [4.78, 5) is 12.5. The number of anilines is 1. The number of rotatable bonds is 8. The SMILES string of the molecule is CCOc1ccc(NC(=O)CCc2cccc(Cl)c2)cc1S(=O)(=O)N1CCCCC1. The number of nitrogens with one attached hydrogen (secondary N) is 1. The summed E-state index contributed by atoms with van der Waals surface area (Å²) in [5, 5.41) is 3.43. The van der Waals surface area contributed by atoms with Crippen molar-refractivity contribution in [3.63, 3.8) is 0 Å². The highest BCUT2D eigenvalue weighted by Crippen LogP contribution is 2.31. The maximum absolute atomic E-state index is 13.2. The molecule has 1 saturated heterocycles. The number of nitrogens with zero attached hydrogens (tertiary/aromatic N) is 1. The molecule has 0 aliphatic carbocycles. The van der Waals surface area contributed by atoms with Gasteiger partial charge in [-0.3, -0.25) is 4.79 Å². The Morgan fingerprint density at radius 3 is 2.60 bits per heavy atom. The Morgan fingerprint density at radius 2 is 1.90 bits per heavy atom. The van der Waals surface area contributed by atoms with Gasteiger partial charge in [0.25, 0.3) is 0 Å². The Bertz CT molecular complexity index is 988. The van der Waals surface area contributed by atoms with E-state index in [1.165, 1.54) is 10.4 Å². The van der Waals surface area contributed by atoms with Crippen molar-refractivity contribution in [2.24, 2.45) is 0 Å². The number of hydrogen-bond acceptors (Lipinski definition) is 4.